The topological polar surface area (TPSA) is 43.9 Å². The second kappa shape index (κ2) is 6.12. The molecule has 2 saturated heterocycles. The third-order valence-electron chi connectivity index (χ3n) is 4.32. The van der Waals surface area contributed by atoms with Crippen molar-refractivity contribution in [3.8, 4) is 0 Å². The Morgan fingerprint density at radius 3 is 2.00 bits per heavy atom. The lowest BCUT2D eigenvalue weighted by molar-refractivity contribution is -0.132. The first-order valence-corrected chi connectivity index (χ1v) is 8.06. The molecule has 5 nitrogen and oxygen atoms in total. The van der Waals surface area contributed by atoms with Crippen molar-refractivity contribution in [1.29, 1.82) is 0 Å². The van der Waals surface area contributed by atoms with Gasteiger partial charge in [-0.05, 0) is 48.8 Å². The molecule has 120 valence electrons. The molecule has 1 aromatic carbocycles. The Bertz CT molecular complexity index is 664. The van der Waals surface area contributed by atoms with Crippen LogP contribution in [0.4, 0.5) is 5.69 Å². The highest BCUT2D eigenvalue weighted by molar-refractivity contribution is 7.80. The lowest BCUT2D eigenvalue weighted by Gasteiger charge is -2.31. The summed E-state index contributed by atoms with van der Waals surface area (Å²) in [4.78, 5) is 29.6. The SMILES string of the molecule is CN1C(=O)C(=Cc2ccc(N3CCCC3)cc2)C(=O)N(C)C1=S. The van der Waals surface area contributed by atoms with Crippen LogP contribution in [0.1, 0.15) is 18.4 Å². The van der Waals surface area contributed by atoms with Crippen LogP contribution in [0, 0.1) is 0 Å². The van der Waals surface area contributed by atoms with Gasteiger partial charge in [0.05, 0.1) is 0 Å². The molecule has 23 heavy (non-hydrogen) atoms. The first-order valence-electron chi connectivity index (χ1n) is 7.66. The first-order chi connectivity index (χ1) is 11.0. The van der Waals surface area contributed by atoms with Gasteiger partial charge in [0, 0.05) is 32.9 Å². The summed E-state index contributed by atoms with van der Waals surface area (Å²) in [6.07, 6.45) is 4.09. The highest BCUT2D eigenvalue weighted by Crippen LogP contribution is 2.23. The van der Waals surface area contributed by atoms with E-state index in [1.165, 1.54) is 28.3 Å². The molecule has 0 radical (unpaired) electrons. The van der Waals surface area contributed by atoms with Gasteiger partial charge in [-0.25, -0.2) is 0 Å². The lowest BCUT2D eigenvalue weighted by atomic mass is 10.1. The van der Waals surface area contributed by atoms with E-state index in [4.69, 9.17) is 12.2 Å². The number of amides is 2. The molecule has 0 N–H and O–H groups in total. The number of carbonyl (C=O) groups is 2. The molecular weight excluding hydrogens is 310 g/mol. The molecule has 2 heterocycles. The van der Waals surface area contributed by atoms with Gasteiger partial charge in [0.25, 0.3) is 11.8 Å². The first kappa shape index (κ1) is 15.7. The summed E-state index contributed by atoms with van der Waals surface area (Å²) in [5.74, 6) is -0.719. The van der Waals surface area contributed by atoms with E-state index < -0.39 is 0 Å². The highest BCUT2D eigenvalue weighted by atomic mass is 32.1. The Morgan fingerprint density at radius 2 is 1.48 bits per heavy atom. The van der Waals surface area contributed by atoms with Crippen LogP contribution in [0.25, 0.3) is 6.08 Å². The highest BCUT2D eigenvalue weighted by Gasteiger charge is 2.35. The second-order valence-corrected chi connectivity index (χ2v) is 6.22. The Hall–Kier alpha value is -2.21. The molecule has 1 aromatic rings. The molecule has 2 fully saturated rings. The minimum Gasteiger partial charge on any atom is -0.372 e. The maximum atomic E-state index is 12.3. The van der Waals surface area contributed by atoms with Crippen LogP contribution < -0.4 is 4.90 Å². The summed E-state index contributed by atoms with van der Waals surface area (Å²) in [6.45, 7) is 2.18. The van der Waals surface area contributed by atoms with Gasteiger partial charge in [-0.3, -0.25) is 19.4 Å². The molecule has 3 rings (SSSR count). The monoisotopic (exact) mass is 329 g/mol. The van der Waals surface area contributed by atoms with Crippen LogP contribution in [0.15, 0.2) is 29.8 Å². The van der Waals surface area contributed by atoms with Crippen LogP contribution in [0.2, 0.25) is 0 Å². The fourth-order valence-corrected chi connectivity index (χ4v) is 3.06. The average molecular weight is 329 g/mol. The molecule has 0 aromatic heterocycles. The number of likely N-dealkylation sites (N-methyl/N-ethyl adjacent to an activating group) is 2. The summed E-state index contributed by atoms with van der Waals surface area (Å²) in [5, 5.41) is 0.224. The predicted molar refractivity (Wildman–Crippen MR) is 94.0 cm³/mol. The number of benzene rings is 1. The van der Waals surface area contributed by atoms with E-state index in [0.29, 0.717) is 0 Å². The normalized spacial score (nSPS) is 19.0. The van der Waals surface area contributed by atoms with E-state index in [2.05, 4.69) is 4.90 Å². The zero-order valence-electron chi connectivity index (χ0n) is 13.3. The van der Waals surface area contributed by atoms with Crippen molar-refractivity contribution in [3.05, 3.63) is 35.4 Å². The number of anilines is 1. The van der Waals surface area contributed by atoms with Crippen molar-refractivity contribution in [1.82, 2.24) is 9.80 Å². The number of hydrogen-bond donors (Lipinski definition) is 0. The molecule has 0 unspecified atom stereocenters. The fourth-order valence-electron chi connectivity index (χ4n) is 2.90. The summed E-state index contributed by atoms with van der Waals surface area (Å²) in [5.41, 5.74) is 2.15. The zero-order valence-corrected chi connectivity index (χ0v) is 14.1. The summed E-state index contributed by atoms with van der Waals surface area (Å²) in [7, 11) is 3.16. The van der Waals surface area contributed by atoms with E-state index in [1.807, 2.05) is 24.3 Å². The largest absolute Gasteiger partial charge is 0.372 e. The van der Waals surface area contributed by atoms with Gasteiger partial charge in [0.15, 0.2) is 5.11 Å². The van der Waals surface area contributed by atoms with Crippen LogP contribution in [-0.2, 0) is 9.59 Å². The Kier molecular flexibility index (Phi) is 4.17. The molecule has 0 atom stereocenters. The number of carbonyl (C=O) groups excluding carboxylic acids is 2. The van der Waals surface area contributed by atoms with Crippen LogP contribution in [-0.4, -0.2) is 53.9 Å². The molecular formula is C17H19N3O2S. The number of hydrogen-bond acceptors (Lipinski definition) is 4. The third kappa shape index (κ3) is 2.86. The van der Waals surface area contributed by atoms with Crippen molar-refractivity contribution in [2.75, 3.05) is 32.1 Å². The summed E-state index contributed by atoms with van der Waals surface area (Å²) >= 11 is 5.08. The Balaban J connectivity index is 1.86. The molecule has 0 saturated carbocycles. The average Bonchev–Trinajstić information content (AvgIpc) is 3.10. The van der Waals surface area contributed by atoms with Crippen molar-refractivity contribution in [2.45, 2.75) is 12.8 Å². The van der Waals surface area contributed by atoms with Gasteiger partial charge < -0.3 is 4.90 Å². The maximum absolute atomic E-state index is 12.3. The standard InChI is InChI=1S/C17H19N3O2S/c1-18-15(21)14(16(22)19(2)17(18)23)11-12-5-7-13(8-6-12)20-9-3-4-10-20/h5-8,11H,3-4,9-10H2,1-2H3. The van der Waals surface area contributed by atoms with E-state index in [9.17, 15) is 9.59 Å². The van der Waals surface area contributed by atoms with Crippen LogP contribution in [0.3, 0.4) is 0 Å². The number of thiocarbonyl (C=S) groups is 1. The molecule has 0 aliphatic carbocycles. The zero-order chi connectivity index (χ0) is 16.6. The van der Waals surface area contributed by atoms with Crippen molar-refractivity contribution >= 4 is 40.9 Å². The minimum absolute atomic E-state index is 0.137. The van der Waals surface area contributed by atoms with Gasteiger partial charge >= 0.3 is 0 Å². The summed E-state index contributed by atoms with van der Waals surface area (Å²) < 4.78 is 0. The van der Waals surface area contributed by atoms with Crippen molar-refractivity contribution in [2.24, 2.45) is 0 Å². The molecule has 0 bridgehead atoms. The molecule has 0 spiro atoms. The van der Waals surface area contributed by atoms with E-state index >= 15 is 0 Å². The van der Waals surface area contributed by atoms with Gasteiger partial charge in [-0.2, -0.15) is 0 Å². The summed E-state index contributed by atoms with van der Waals surface area (Å²) in [6, 6.07) is 7.95. The predicted octanol–water partition coefficient (Wildman–Crippen LogP) is 1.89. The van der Waals surface area contributed by atoms with Crippen LogP contribution in [0.5, 0.6) is 0 Å². The van der Waals surface area contributed by atoms with E-state index in [1.54, 1.807) is 20.2 Å². The van der Waals surface area contributed by atoms with Crippen molar-refractivity contribution < 1.29 is 9.59 Å². The smallest absolute Gasteiger partial charge is 0.265 e. The number of nitrogens with zero attached hydrogens (tertiary/aromatic N) is 3. The van der Waals surface area contributed by atoms with Gasteiger partial charge in [0.2, 0.25) is 0 Å². The lowest BCUT2D eigenvalue weighted by Crippen LogP contribution is -2.52. The van der Waals surface area contributed by atoms with E-state index in [0.717, 1.165) is 18.7 Å². The third-order valence-corrected chi connectivity index (χ3v) is 4.87. The molecule has 2 amide bonds. The minimum atomic E-state index is -0.360. The van der Waals surface area contributed by atoms with Crippen molar-refractivity contribution in [3.63, 3.8) is 0 Å². The quantitative estimate of drug-likeness (QED) is 0.472. The maximum Gasteiger partial charge on any atom is 0.265 e. The van der Waals surface area contributed by atoms with Gasteiger partial charge in [0.1, 0.15) is 5.57 Å². The number of rotatable bonds is 2. The van der Waals surface area contributed by atoms with Gasteiger partial charge in [-0.15, -0.1) is 0 Å². The van der Waals surface area contributed by atoms with Gasteiger partial charge in [-0.1, -0.05) is 12.1 Å². The second-order valence-electron chi connectivity index (χ2n) is 5.85. The Labute approximate surface area is 141 Å². The van der Waals surface area contributed by atoms with E-state index in [-0.39, 0.29) is 22.5 Å². The fraction of sp³-hybridized carbons (Fsp3) is 0.353. The molecule has 2 aliphatic rings. The molecule has 6 heteroatoms. The van der Waals surface area contributed by atoms with Crippen LogP contribution >= 0.6 is 12.2 Å². The Morgan fingerprint density at radius 1 is 0.957 bits per heavy atom. The molecule has 2 aliphatic heterocycles.